The SMILES string of the molecule is C=C/C=C\C1CCc2ccc(OC)c3c2C1C(C)O3. The Kier molecular flexibility index (Phi) is 3.09. The lowest BCUT2D eigenvalue weighted by molar-refractivity contribution is 0.196. The van der Waals surface area contributed by atoms with Gasteiger partial charge in [0.15, 0.2) is 11.5 Å². The van der Waals surface area contributed by atoms with Gasteiger partial charge in [-0.2, -0.15) is 0 Å². The first-order valence-corrected chi connectivity index (χ1v) is 6.92. The Morgan fingerprint density at radius 3 is 3.00 bits per heavy atom. The van der Waals surface area contributed by atoms with Crippen LogP contribution < -0.4 is 9.47 Å². The molecule has 0 fully saturated rings. The number of hydrogen-bond donors (Lipinski definition) is 0. The fourth-order valence-corrected chi connectivity index (χ4v) is 3.48. The minimum atomic E-state index is 0.213. The Morgan fingerprint density at radius 2 is 2.26 bits per heavy atom. The van der Waals surface area contributed by atoms with Crippen molar-refractivity contribution in [3.63, 3.8) is 0 Å². The summed E-state index contributed by atoms with van der Waals surface area (Å²) in [4.78, 5) is 0. The summed E-state index contributed by atoms with van der Waals surface area (Å²) in [6.07, 6.45) is 8.69. The largest absolute Gasteiger partial charge is 0.493 e. The molecule has 19 heavy (non-hydrogen) atoms. The van der Waals surface area contributed by atoms with E-state index in [0.717, 1.165) is 17.9 Å². The summed E-state index contributed by atoms with van der Waals surface area (Å²) in [6, 6.07) is 4.22. The van der Waals surface area contributed by atoms with Crippen LogP contribution in [0.3, 0.4) is 0 Å². The normalized spacial score (nSPS) is 28.0. The molecule has 2 heteroatoms. The Labute approximate surface area is 114 Å². The number of methoxy groups -OCH3 is 1. The van der Waals surface area contributed by atoms with Crippen molar-refractivity contribution in [2.75, 3.05) is 7.11 Å². The molecule has 0 N–H and O–H groups in total. The summed E-state index contributed by atoms with van der Waals surface area (Å²) in [5.41, 5.74) is 2.80. The smallest absolute Gasteiger partial charge is 0.165 e. The van der Waals surface area contributed by atoms with Gasteiger partial charge in [0.25, 0.3) is 0 Å². The van der Waals surface area contributed by atoms with Crippen LogP contribution in [0.15, 0.2) is 36.9 Å². The molecule has 1 aromatic carbocycles. The quantitative estimate of drug-likeness (QED) is 0.764. The predicted octanol–water partition coefficient (Wildman–Crippen LogP) is 3.86. The first-order valence-electron chi connectivity index (χ1n) is 6.92. The van der Waals surface area contributed by atoms with E-state index in [1.54, 1.807) is 7.11 Å². The maximum absolute atomic E-state index is 6.08. The van der Waals surface area contributed by atoms with E-state index in [0.29, 0.717) is 11.8 Å². The summed E-state index contributed by atoms with van der Waals surface area (Å²) >= 11 is 0. The number of allylic oxidation sites excluding steroid dienone is 3. The van der Waals surface area contributed by atoms with E-state index in [1.807, 2.05) is 12.1 Å². The second-order valence-corrected chi connectivity index (χ2v) is 5.34. The van der Waals surface area contributed by atoms with Gasteiger partial charge in [0.1, 0.15) is 6.10 Å². The topological polar surface area (TPSA) is 18.5 Å². The first kappa shape index (κ1) is 12.3. The molecule has 2 aliphatic rings. The second kappa shape index (κ2) is 4.76. The van der Waals surface area contributed by atoms with Crippen molar-refractivity contribution in [3.05, 3.63) is 48.1 Å². The molecule has 0 aromatic heterocycles. The van der Waals surface area contributed by atoms with Gasteiger partial charge in [-0.3, -0.25) is 0 Å². The van der Waals surface area contributed by atoms with Gasteiger partial charge >= 0.3 is 0 Å². The number of hydrogen-bond acceptors (Lipinski definition) is 2. The minimum absolute atomic E-state index is 0.213. The molecule has 1 aliphatic carbocycles. The first-order chi connectivity index (χ1) is 9.26. The summed E-state index contributed by atoms with van der Waals surface area (Å²) in [6.45, 7) is 5.92. The van der Waals surface area contributed by atoms with Crippen LogP contribution in [0.25, 0.3) is 0 Å². The Bertz CT molecular complexity index is 530. The van der Waals surface area contributed by atoms with Gasteiger partial charge in [-0.1, -0.05) is 30.9 Å². The zero-order chi connectivity index (χ0) is 13.4. The van der Waals surface area contributed by atoms with E-state index in [1.165, 1.54) is 17.5 Å². The molecule has 0 saturated heterocycles. The van der Waals surface area contributed by atoms with E-state index < -0.39 is 0 Å². The van der Waals surface area contributed by atoms with Crippen LogP contribution in [-0.2, 0) is 6.42 Å². The highest BCUT2D eigenvalue weighted by molar-refractivity contribution is 5.57. The molecule has 3 rings (SSSR count). The molecule has 1 aliphatic heterocycles. The molecule has 3 unspecified atom stereocenters. The molecule has 1 heterocycles. The third-order valence-corrected chi connectivity index (χ3v) is 4.32. The van der Waals surface area contributed by atoms with Gasteiger partial charge < -0.3 is 9.47 Å². The molecule has 2 nitrogen and oxygen atoms in total. The highest BCUT2D eigenvalue weighted by Gasteiger charge is 2.41. The summed E-state index contributed by atoms with van der Waals surface area (Å²) in [7, 11) is 1.71. The van der Waals surface area contributed by atoms with Crippen LogP contribution in [0.4, 0.5) is 0 Å². The lowest BCUT2D eigenvalue weighted by atomic mass is 9.73. The van der Waals surface area contributed by atoms with E-state index >= 15 is 0 Å². The highest BCUT2D eigenvalue weighted by atomic mass is 16.5. The molecule has 0 radical (unpaired) electrons. The van der Waals surface area contributed by atoms with Crippen molar-refractivity contribution in [2.24, 2.45) is 5.92 Å². The molecule has 100 valence electrons. The molecule has 0 bridgehead atoms. The van der Waals surface area contributed by atoms with Crippen LogP contribution in [-0.4, -0.2) is 13.2 Å². The van der Waals surface area contributed by atoms with Crippen molar-refractivity contribution >= 4 is 0 Å². The zero-order valence-corrected chi connectivity index (χ0v) is 11.6. The molecule has 0 saturated carbocycles. The third-order valence-electron chi connectivity index (χ3n) is 4.32. The molecular formula is C17H20O2. The van der Waals surface area contributed by atoms with Gasteiger partial charge in [0, 0.05) is 11.5 Å². The van der Waals surface area contributed by atoms with Crippen molar-refractivity contribution in [1.82, 2.24) is 0 Å². The Balaban J connectivity index is 2.07. The highest BCUT2D eigenvalue weighted by Crippen LogP contribution is 2.52. The number of rotatable bonds is 3. The van der Waals surface area contributed by atoms with Crippen LogP contribution in [0.1, 0.15) is 30.4 Å². The monoisotopic (exact) mass is 256 g/mol. The number of aryl methyl sites for hydroxylation is 1. The molecule has 1 aromatic rings. The van der Waals surface area contributed by atoms with Crippen LogP contribution >= 0.6 is 0 Å². The Morgan fingerprint density at radius 1 is 1.42 bits per heavy atom. The number of benzene rings is 1. The maximum Gasteiger partial charge on any atom is 0.165 e. The van der Waals surface area contributed by atoms with Crippen molar-refractivity contribution < 1.29 is 9.47 Å². The fourth-order valence-electron chi connectivity index (χ4n) is 3.48. The van der Waals surface area contributed by atoms with Gasteiger partial charge in [0.2, 0.25) is 0 Å². The van der Waals surface area contributed by atoms with Crippen molar-refractivity contribution in [1.29, 1.82) is 0 Å². The molecule has 0 spiro atoms. The Hall–Kier alpha value is -1.70. The average molecular weight is 256 g/mol. The predicted molar refractivity (Wildman–Crippen MR) is 77.0 cm³/mol. The maximum atomic E-state index is 6.08. The zero-order valence-electron chi connectivity index (χ0n) is 11.6. The standard InChI is InChI=1S/C17H20O2/c1-4-5-6-12-7-8-13-9-10-14(18-3)17-16(13)15(12)11(2)19-17/h4-6,9-12,15H,1,7-8H2,2-3H3/b6-5-. The van der Waals surface area contributed by atoms with Gasteiger partial charge in [-0.15, -0.1) is 0 Å². The van der Waals surface area contributed by atoms with Crippen LogP contribution in [0, 0.1) is 5.92 Å². The fraction of sp³-hybridized carbons (Fsp3) is 0.412. The van der Waals surface area contributed by atoms with Gasteiger partial charge in [-0.25, -0.2) is 0 Å². The van der Waals surface area contributed by atoms with Gasteiger partial charge in [-0.05, 0) is 37.3 Å². The molecule has 3 atom stereocenters. The summed E-state index contributed by atoms with van der Waals surface area (Å²) in [5.74, 6) is 2.81. The van der Waals surface area contributed by atoms with Crippen molar-refractivity contribution in [2.45, 2.75) is 31.8 Å². The second-order valence-electron chi connectivity index (χ2n) is 5.34. The van der Waals surface area contributed by atoms with Gasteiger partial charge in [0.05, 0.1) is 7.11 Å². The summed E-state index contributed by atoms with van der Waals surface area (Å²) in [5, 5.41) is 0. The lowest BCUT2D eigenvalue weighted by Crippen LogP contribution is -2.25. The van der Waals surface area contributed by atoms with Crippen molar-refractivity contribution in [3.8, 4) is 11.5 Å². The summed E-state index contributed by atoms with van der Waals surface area (Å²) < 4.78 is 11.5. The van der Waals surface area contributed by atoms with E-state index in [2.05, 4.69) is 31.7 Å². The van der Waals surface area contributed by atoms with Crippen LogP contribution in [0.5, 0.6) is 11.5 Å². The lowest BCUT2D eigenvalue weighted by Gasteiger charge is -2.29. The number of ether oxygens (including phenoxy) is 2. The van der Waals surface area contributed by atoms with E-state index in [-0.39, 0.29) is 6.10 Å². The molecule has 0 amide bonds. The minimum Gasteiger partial charge on any atom is -0.493 e. The third kappa shape index (κ3) is 1.86. The van der Waals surface area contributed by atoms with E-state index in [9.17, 15) is 0 Å². The van der Waals surface area contributed by atoms with Crippen LogP contribution in [0.2, 0.25) is 0 Å². The average Bonchev–Trinajstić information content (AvgIpc) is 2.78. The van der Waals surface area contributed by atoms with E-state index in [4.69, 9.17) is 9.47 Å². The molecular weight excluding hydrogens is 236 g/mol.